The van der Waals surface area contributed by atoms with E-state index in [1.54, 1.807) is 11.3 Å². The van der Waals surface area contributed by atoms with Crippen molar-refractivity contribution in [2.45, 2.75) is 64.8 Å². The number of hydrogen-bond acceptors (Lipinski definition) is 3. The maximum atomic E-state index is 6.62. The van der Waals surface area contributed by atoms with Crippen molar-refractivity contribution >= 4 is 11.3 Å². The summed E-state index contributed by atoms with van der Waals surface area (Å²) in [5, 5.41) is 3.25. The third-order valence-corrected chi connectivity index (χ3v) is 5.21. The normalized spacial score (nSPS) is 30.1. The van der Waals surface area contributed by atoms with Crippen LogP contribution < -0.4 is 5.73 Å². The van der Waals surface area contributed by atoms with Crippen LogP contribution in [0.5, 0.6) is 0 Å². The van der Waals surface area contributed by atoms with Crippen molar-refractivity contribution < 1.29 is 0 Å². The molecule has 102 valence electrons. The molecule has 2 atom stereocenters. The Hall–Kier alpha value is -0.410. The molecule has 0 aliphatic heterocycles. The van der Waals surface area contributed by atoms with Gasteiger partial charge in [0.1, 0.15) is 0 Å². The molecule has 0 amide bonds. The second kappa shape index (κ2) is 5.30. The molecule has 1 aromatic heterocycles. The van der Waals surface area contributed by atoms with Crippen LogP contribution in [0.15, 0.2) is 11.6 Å². The van der Waals surface area contributed by atoms with Gasteiger partial charge in [0.25, 0.3) is 0 Å². The second-order valence-corrected chi connectivity index (χ2v) is 7.94. The fourth-order valence-corrected chi connectivity index (χ4v) is 3.89. The number of rotatable bonds is 2. The van der Waals surface area contributed by atoms with E-state index >= 15 is 0 Å². The SMILES string of the molecule is CC(C)(C)C1CCCC(N)(Cc2nccs2)CC1. The van der Waals surface area contributed by atoms with Crippen LogP contribution in [-0.2, 0) is 6.42 Å². The molecule has 2 N–H and O–H groups in total. The van der Waals surface area contributed by atoms with Gasteiger partial charge < -0.3 is 5.73 Å². The van der Waals surface area contributed by atoms with Crippen molar-refractivity contribution in [3.8, 4) is 0 Å². The van der Waals surface area contributed by atoms with Crippen molar-refractivity contribution in [2.24, 2.45) is 17.1 Å². The minimum atomic E-state index is -0.0160. The first-order valence-electron chi connectivity index (χ1n) is 7.06. The van der Waals surface area contributed by atoms with Crippen LogP contribution >= 0.6 is 11.3 Å². The van der Waals surface area contributed by atoms with E-state index in [9.17, 15) is 0 Å². The van der Waals surface area contributed by atoms with Gasteiger partial charge in [-0.25, -0.2) is 4.98 Å². The van der Waals surface area contributed by atoms with Gasteiger partial charge in [0.05, 0.1) is 5.01 Å². The summed E-state index contributed by atoms with van der Waals surface area (Å²) in [6, 6.07) is 0. The highest BCUT2D eigenvalue weighted by atomic mass is 32.1. The van der Waals surface area contributed by atoms with Crippen molar-refractivity contribution in [3.05, 3.63) is 16.6 Å². The lowest BCUT2D eigenvalue weighted by molar-refractivity contribution is 0.210. The summed E-state index contributed by atoms with van der Waals surface area (Å²) in [6.07, 6.45) is 9.02. The summed E-state index contributed by atoms with van der Waals surface area (Å²) in [4.78, 5) is 4.39. The first kappa shape index (κ1) is 14.0. The molecule has 0 bridgehead atoms. The molecule has 0 saturated heterocycles. The Balaban J connectivity index is 1.99. The quantitative estimate of drug-likeness (QED) is 0.821. The van der Waals surface area contributed by atoms with Crippen molar-refractivity contribution in [1.82, 2.24) is 4.98 Å². The lowest BCUT2D eigenvalue weighted by Crippen LogP contribution is -2.41. The number of hydrogen-bond donors (Lipinski definition) is 1. The summed E-state index contributed by atoms with van der Waals surface area (Å²) >= 11 is 1.74. The lowest BCUT2D eigenvalue weighted by atomic mass is 9.76. The highest BCUT2D eigenvalue weighted by Crippen LogP contribution is 2.39. The Morgan fingerprint density at radius 1 is 1.39 bits per heavy atom. The minimum absolute atomic E-state index is 0.0160. The van der Waals surface area contributed by atoms with E-state index in [4.69, 9.17) is 5.73 Å². The van der Waals surface area contributed by atoms with Crippen LogP contribution in [-0.4, -0.2) is 10.5 Å². The number of aromatic nitrogens is 1. The molecule has 0 spiro atoms. The number of thiazole rings is 1. The van der Waals surface area contributed by atoms with E-state index in [0.29, 0.717) is 5.41 Å². The third-order valence-electron chi connectivity index (χ3n) is 4.43. The predicted octanol–water partition coefficient (Wildman–Crippen LogP) is 4.01. The zero-order valence-electron chi connectivity index (χ0n) is 11.9. The monoisotopic (exact) mass is 266 g/mol. The van der Waals surface area contributed by atoms with E-state index < -0.39 is 0 Å². The summed E-state index contributed by atoms with van der Waals surface area (Å²) in [7, 11) is 0. The predicted molar refractivity (Wildman–Crippen MR) is 78.8 cm³/mol. The van der Waals surface area contributed by atoms with Crippen LogP contribution in [0.4, 0.5) is 0 Å². The standard InChI is InChI=1S/C15H26N2S/c1-14(2,3)12-5-4-7-15(16,8-6-12)11-13-17-9-10-18-13/h9-10,12H,4-8,11,16H2,1-3H3. The minimum Gasteiger partial charge on any atom is -0.325 e. The van der Waals surface area contributed by atoms with Crippen LogP contribution in [0.1, 0.15) is 57.9 Å². The van der Waals surface area contributed by atoms with Crippen LogP contribution in [0, 0.1) is 11.3 Å². The highest BCUT2D eigenvalue weighted by molar-refractivity contribution is 7.09. The molecule has 1 fully saturated rings. The fourth-order valence-electron chi connectivity index (χ4n) is 3.12. The van der Waals surface area contributed by atoms with E-state index in [2.05, 4.69) is 25.8 Å². The number of nitrogens with two attached hydrogens (primary N) is 1. The number of nitrogens with zero attached hydrogens (tertiary/aromatic N) is 1. The maximum Gasteiger partial charge on any atom is 0.0943 e. The van der Waals surface area contributed by atoms with E-state index in [1.165, 1.54) is 24.3 Å². The zero-order chi connectivity index (χ0) is 13.2. The molecule has 18 heavy (non-hydrogen) atoms. The lowest BCUT2D eigenvalue weighted by Gasteiger charge is -2.31. The summed E-state index contributed by atoms with van der Waals surface area (Å²) in [6.45, 7) is 7.09. The molecule has 1 aliphatic rings. The van der Waals surface area contributed by atoms with Gasteiger partial charge in [0.2, 0.25) is 0 Å². The second-order valence-electron chi connectivity index (χ2n) is 6.96. The smallest absolute Gasteiger partial charge is 0.0943 e. The maximum absolute atomic E-state index is 6.62. The molecule has 2 nitrogen and oxygen atoms in total. The van der Waals surface area contributed by atoms with Gasteiger partial charge in [0, 0.05) is 23.5 Å². The van der Waals surface area contributed by atoms with Crippen molar-refractivity contribution in [3.63, 3.8) is 0 Å². The zero-order valence-corrected chi connectivity index (χ0v) is 12.7. The first-order chi connectivity index (χ1) is 8.39. The van der Waals surface area contributed by atoms with Crippen molar-refractivity contribution in [1.29, 1.82) is 0 Å². The molecule has 1 aromatic rings. The highest BCUT2D eigenvalue weighted by Gasteiger charge is 2.34. The summed E-state index contributed by atoms with van der Waals surface area (Å²) in [5.41, 5.74) is 7.03. The largest absolute Gasteiger partial charge is 0.325 e. The topological polar surface area (TPSA) is 38.9 Å². The van der Waals surface area contributed by atoms with Gasteiger partial charge in [-0.05, 0) is 37.0 Å². The summed E-state index contributed by atoms with van der Waals surface area (Å²) in [5.74, 6) is 0.819. The van der Waals surface area contributed by atoms with E-state index in [-0.39, 0.29) is 5.54 Å². The Morgan fingerprint density at radius 3 is 2.78 bits per heavy atom. The van der Waals surface area contributed by atoms with Gasteiger partial charge in [-0.15, -0.1) is 11.3 Å². The van der Waals surface area contributed by atoms with Gasteiger partial charge in [0.15, 0.2) is 0 Å². The van der Waals surface area contributed by atoms with Gasteiger partial charge in [-0.1, -0.05) is 27.2 Å². The average molecular weight is 266 g/mol. The first-order valence-corrected chi connectivity index (χ1v) is 7.94. The molecule has 1 aliphatic carbocycles. The summed E-state index contributed by atoms with van der Waals surface area (Å²) < 4.78 is 0. The molecule has 0 radical (unpaired) electrons. The Kier molecular flexibility index (Phi) is 4.12. The van der Waals surface area contributed by atoms with Gasteiger partial charge in [-0.2, -0.15) is 0 Å². The van der Waals surface area contributed by atoms with E-state index in [1.807, 2.05) is 11.6 Å². The molecule has 2 unspecified atom stereocenters. The Bertz CT molecular complexity index is 366. The molecule has 1 saturated carbocycles. The Morgan fingerprint density at radius 2 is 2.17 bits per heavy atom. The third kappa shape index (κ3) is 3.55. The molecular formula is C15H26N2S. The fraction of sp³-hybridized carbons (Fsp3) is 0.800. The molecule has 1 heterocycles. The molecule has 3 heteroatoms. The van der Waals surface area contributed by atoms with Crippen molar-refractivity contribution in [2.75, 3.05) is 0 Å². The van der Waals surface area contributed by atoms with Gasteiger partial charge >= 0.3 is 0 Å². The molecule has 2 rings (SSSR count). The van der Waals surface area contributed by atoms with Gasteiger partial charge in [-0.3, -0.25) is 0 Å². The van der Waals surface area contributed by atoms with Crippen LogP contribution in [0.3, 0.4) is 0 Å². The van der Waals surface area contributed by atoms with E-state index in [0.717, 1.165) is 25.2 Å². The van der Waals surface area contributed by atoms with Crippen LogP contribution in [0.2, 0.25) is 0 Å². The Labute approximate surface area is 115 Å². The van der Waals surface area contributed by atoms with Crippen LogP contribution in [0.25, 0.3) is 0 Å². The molecule has 0 aromatic carbocycles. The molecular weight excluding hydrogens is 240 g/mol. The average Bonchev–Trinajstić information content (AvgIpc) is 2.65.